The Hall–Kier alpha value is 0.717. The predicted molar refractivity (Wildman–Crippen MR) is 26.0 cm³/mol. The van der Waals surface area contributed by atoms with Crippen LogP contribution in [-0.4, -0.2) is 11.6 Å². The first-order valence-electron chi connectivity index (χ1n) is 2.12. The zero-order chi connectivity index (χ0) is 5.86. The van der Waals surface area contributed by atoms with Crippen LogP contribution in [0.15, 0.2) is 0 Å². The van der Waals surface area contributed by atoms with Crippen LogP contribution in [-0.2, 0) is 9.59 Å². The zero-order valence-electron chi connectivity index (χ0n) is 5.02. The Morgan fingerprint density at radius 3 is 1.38 bits per heavy atom. The molecule has 0 rings (SSSR count). The average Bonchev–Trinajstić information content (AvgIpc) is 1.27. The summed E-state index contributed by atoms with van der Waals surface area (Å²) in [5, 5.41) is 0. The van der Waals surface area contributed by atoms with Gasteiger partial charge in [-0.2, -0.15) is 0 Å². The molecule has 0 bridgehead atoms. The van der Waals surface area contributed by atoms with Crippen LogP contribution in [0.5, 0.6) is 0 Å². The molecule has 0 fully saturated rings. The summed E-state index contributed by atoms with van der Waals surface area (Å²) >= 11 is 0. The van der Waals surface area contributed by atoms with E-state index in [9.17, 15) is 9.59 Å². The van der Waals surface area contributed by atoms with Crippen LogP contribution in [0.2, 0.25) is 0 Å². The van der Waals surface area contributed by atoms with Crippen molar-refractivity contribution in [2.45, 2.75) is 20.3 Å². The first-order chi connectivity index (χ1) is 3.13. The summed E-state index contributed by atoms with van der Waals surface area (Å²) in [6.07, 6.45) is 0.0833. The smallest absolute Gasteiger partial charge is 0.300 e. The number of carbonyl (C=O) groups is 2. The SMILES string of the molecule is CC(=O)CC(C)=O.[Ce+3]. The van der Waals surface area contributed by atoms with E-state index < -0.39 is 0 Å². The van der Waals surface area contributed by atoms with Crippen LogP contribution in [0, 0.1) is 41.7 Å². The molecular formula is C5H8CeO2+3. The van der Waals surface area contributed by atoms with Gasteiger partial charge in [-0.25, -0.2) is 0 Å². The zero-order valence-corrected chi connectivity index (χ0v) is 8.16. The van der Waals surface area contributed by atoms with Gasteiger partial charge in [0, 0.05) is 0 Å². The Kier molecular flexibility index (Phi) is 8.41. The van der Waals surface area contributed by atoms with Crippen LogP contribution in [0.3, 0.4) is 0 Å². The van der Waals surface area contributed by atoms with E-state index in [1.54, 1.807) is 0 Å². The number of hydrogen-bond acceptors (Lipinski definition) is 2. The van der Waals surface area contributed by atoms with Crippen LogP contribution in [0.4, 0.5) is 0 Å². The minimum atomic E-state index is -0.0625. The van der Waals surface area contributed by atoms with Crippen molar-refractivity contribution in [3.63, 3.8) is 0 Å². The van der Waals surface area contributed by atoms with Crippen LogP contribution in [0.1, 0.15) is 20.3 Å². The average molecular weight is 240 g/mol. The third kappa shape index (κ3) is 9.87. The van der Waals surface area contributed by atoms with E-state index in [-0.39, 0.29) is 59.7 Å². The summed E-state index contributed by atoms with van der Waals surface area (Å²) in [7, 11) is 0. The second-order valence-corrected chi connectivity index (χ2v) is 1.58. The van der Waals surface area contributed by atoms with E-state index in [0.29, 0.717) is 0 Å². The van der Waals surface area contributed by atoms with E-state index in [4.69, 9.17) is 0 Å². The summed E-state index contributed by atoms with van der Waals surface area (Å²) in [6.45, 7) is 2.81. The number of hydrogen-bond donors (Lipinski definition) is 0. The molecule has 1 radical (unpaired) electrons. The molecule has 41 valence electrons. The number of carbonyl (C=O) groups excluding carboxylic acids is 2. The van der Waals surface area contributed by atoms with E-state index in [0.717, 1.165) is 0 Å². The van der Waals surface area contributed by atoms with Crippen LogP contribution in [0.25, 0.3) is 0 Å². The normalized spacial score (nSPS) is 7.25. The number of ketones is 2. The topological polar surface area (TPSA) is 34.1 Å². The minimum absolute atomic E-state index is 0. The van der Waals surface area contributed by atoms with Crippen LogP contribution >= 0.6 is 0 Å². The van der Waals surface area contributed by atoms with Gasteiger partial charge in [0.15, 0.2) is 0 Å². The van der Waals surface area contributed by atoms with Gasteiger partial charge in [0.25, 0.3) is 0 Å². The Balaban J connectivity index is 0. The fourth-order valence-corrected chi connectivity index (χ4v) is 0.351. The molecule has 0 unspecified atom stereocenters. The fraction of sp³-hybridized carbons (Fsp3) is 0.600. The quantitative estimate of drug-likeness (QED) is 0.661. The van der Waals surface area contributed by atoms with E-state index in [2.05, 4.69) is 0 Å². The third-order valence-electron chi connectivity index (χ3n) is 0.498. The fourth-order valence-electron chi connectivity index (χ4n) is 0.351. The van der Waals surface area contributed by atoms with E-state index >= 15 is 0 Å². The molecule has 2 nitrogen and oxygen atoms in total. The van der Waals surface area contributed by atoms with Crippen molar-refractivity contribution in [1.29, 1.82) is 0 Å². The van der Waals surface area contributed by atoms with Gasteiger partial charge in [0.2, 0.25) is 0 Å². The second kappa shape index (κ2) is 5.85. The summed E-state index contributed by atoms with van der Waals surface area (Å²) in [6, 6.07) is 0. The molecule has 0 aliphatic carbocycles. The van der Waals surface area contributed by atoms with Gasteiger partial charge in [-0.3, -0.25) is 9.59 Å². The summed E-state index contributed by atoms with van der Waals surface area (Å²) < 4.78 is 0. The molecule has 0 aliphatic rings. The molecule has 0 aromatic heterocycles. The predicted octanol–water partition coefficient (Wildman–Crippen LogP) is 0.554. The van der Waals surface area contributed by atoms with Crippen molar-refractivity contribution < 1.29 is 51.3 Å². The molecule has 0 aliphatic heterocycles. The maximum atomic E-state index is 10.0. The van der Waals surface area contributed by atoms with Crippen molar-refractivity contribution in [3.8, 4) is 0 Å². The standard InChI is InChI=1S/C5H8O2.Ce/c1-4(6)3-5(2)7;/h3H2,1-2H3;/q;+3. The molecule has 0 spiro atoms. The molecule has 3 heteroatoms. The molecule has 0 amide bonds. The van der Waals surface area contributed by atoms with Gasteiger partial charge in [-0.1, -0.05) is 0 Å². The molecule has 0 atom stereocenters. The van der Waals surface area contributed by atoms with Crippen LogP contribution < -0.4 is 0 Å². The molecule has 0 saturated carbocycles. The summed E-state index contributed by atoms with van der Waals surface area (Å²) in [5.41, 5.74) is 0. The maximum Gasteiger partial charge on any atom is 3.00 e. The van der Waals surface area contributed by atoms with Gasteiger partial charge in [-0.05, 0) is 13.8 Å². The Morgan fingerprint density at radius 2 is 1.38 bits per heavy atom. The third-order valence-corrected chi connectivity index (χ3v) is 0.498. The Labute approximate surface area is 82.4 Å². The minimum Gasteiger partial charge on any atom is -0.300 e. The molecule has 0 aromatic carbocycles. The van der Waals surface area contributed by atoms with Crippen molar-refractivity contribution >= 4 is 11.6 Å². The first-order valence-corrected chi connectivity index (χ1v) is 2.12. The monoisotopic (exact) mass is 240 g/mol. The largest absolute Gasteiger partial charge is 3.00 e. The molecule has 0 heterocycles. The van der Waals surface area contributed by atoms with Crippen molar-refractivity contribution in [2.24, 2.45) is 0 Å². The van der Waals surface area contributed by atoms with Gasteiger partial charge in [0.05, 0.1) is 6.42 Å². The van der Waals surface area contributed by atoms with E-state index in [1.165, 1.54) is 13.8 Å². The summed E-state index contributed by atoms with van der Waals surface area (Å²) in [4.78, 5) is 20.1. The Bertz CT molecular complexity index is 86.6. The van der Waals surface area contributed by atoms with Crippen molar-refractivity contribution in [1.82, 2.24) is 0 Å². The van der Waals surface area contributed by atoms with Gasteiger partial charge in [0.1, 0.15) is 11.6 Å². The molecule has 0 saturated heterocycles. The first kappa shape index (κ1) is 11.5. The van der Waals surface area contributed by atoms with Gasteiger partial charge >= 0.3 is 41.7 Å². The molecule has 8 heavy (non-hydrogen) atoms. The van der Waals surface area contributed by atoms with Gasteiger partial charge in [-0.15, -0.1) is 0 Å². The second-order valence-electron chi connectivity index (χ2n) is 1.58. The molecular weight excluding hydrogens is 232 g/mol. The van der Waals surface area contributed by atoms with Crippen molar-refractivity contribution in [2.75, 3.05) is 0 Å². The number of rotatable bonds is 2. The Morgan fingerprint density at radius 1 is 1.12 bits per heavy atom. The maximum absolute atomic E-state index is 10.0. The summed E-state index contributed by atoms with van der Waals surface area (Å²) in [5.74, 6) is -0.125. The van der Waals surface area contributed by atoms with E-state index in [1.807, 2.05) is 0 Å². The van der Waals surface area contributed by atoms with Crippen molar-refractivity contribution in [3.05, 3.63) is 0 Å². The number of Topliss-reactive ketones (excluding diaryl/α,β-unsaturated/α-hetero) is 2. The van der Waals surface area contributed by atoms with Gasteiger partial charge < -0.3 is 0 Å². The molecule has 0 N–H and O–H groups in total. The molecule has 0 aromatic rings.